The third-order valence-corrected chi connectivity index (χ3v) is 4.00. The van der Waals surface area contributed by atoms with Crippen molar-refractivity contribution in [2.75, 3.05) is 18.1 Å². The summed E-state index contributed by atoms with van der Waals surface area (Å²) in [5, 5.41) is 10.8. The van der Waals surface area contributed by atoms with Gasteiger partial charge in [0.05, 0.1) is 13.2 Å². The molecule has 0 saturated carbocycles. The van der Waals surface area contributed by atoms with Crippen LogP contribution in [0.15, 0.2) is 35.7 Å². The zero-order chi connectivity index (χ0) is 15.1. The number of halogens is 1. The van der Waals surface area contributed by atoms with Crippen LogP contribution < -0.4 is 4.90 Å². The van der Waals surface area contributed by atoms with E-state index in [1.165, 1.54) is 6.07 Å². The van der Waals surface area contributed by atoms with Crippen LogP contribution in [0.1, 0.15) is 23.8 Å². The lowest BCUT2D eigenvalue weighted by Gasteiger charge is -2.22. The van der Waals surface area contributed by atoms with E-state index in [1.54, 1.807) is 23.5 Å². The van der Waals surface area contributed by atoms with Gasteiger partial charge in [0.2, 0.25) is 0 Å². The monoisotopic (exact) mass is 303 g/mol. The van der Waals surface area contributed by atoms with E-state index in [0.717, 1.165) is 22.7 Å². The van der Waals surface area contributed by atoms with E-state index in [9.17, 15) is 4.39 Å². The van der Waals surface area contributed by atoms with Gasteiger partial charge in [0, 0.05) is 29.1 Å². The Hall–Kier alpha value is -1.83. The molecule has 0 saturated heterocycles. The van der Waals surface area contributed by atoms with E-state index in [1.807, 2.05) is 17.5 Å². The van der Waals surface area contributed by atoms with Gasteiger partial charge in [-0.2, -0.15) is 0 Å². The van der Waals surface area contributed by atoms with Crippen molar-refractivity contribution in [2.45, 2.75) is 19.9 Å². The number of anilines is 1. The van der Waals surface area contributed by atoms with Crippen molar-refractivity contribution < 1.29 is 9.50 Å². The lowest BCUT2D eigenvalue weighted by Crippen LogP contribution is -2.21. The second-order valence-corrected chi connectivity index (χ2v) is 5.53. The fourth-order valence-corrected chi connectivity index (χ4v) is 2.86. The molecule has 0 spiro atoms. The van der Waals surface area contributed by atoms with Gasteiger partial charge in [-0.1, -0.05) is 17.9 Å². The Morgan fingerprint density at radius 3 is 2.90 bits per heavy atom. The fourth-order valence-electron chi connectivity index (χ4n) is 2.02. The van der Waals surface area contributed by atoms with Crippen LogP contribution in [0.25, 0.3) is 0 Å². The van der Waals surface area contributed by atoms with Crippen LogP contribution in [0.2, 0.25) is 0 Å². The van der Waals surface area contributed by atoms with Gasteiger partial charge >= 0.3 is 0 Å². The maximum absolute atomic E-state index is 13.4. The van der Waals surface area contributed by atoms with Crippen LogP contribution >= 0.6 is 11.3 Å². The number of rotatable bonds is 5. The zero-order valence-electron chi connectivity index (χ0n) is 12.0. The molecular formula is C17H18FNOS. The first-order valence-corrected chi connectivity index (χ1v) is 7.79. The molecule has 1 aromatic heterocycles. The molecule has 0 atom stereocenters. The number of nitrogens with zero attached hydrogens (tertiary/aromatic N) is 1. The first-order valence-electron chi connectivity index (χ1n) is 6.91. The van der Waals surface area contributed by atoms with E-state index in [2.05, 4.69) is 23.7 Å². The summed E-state index contributed by atoms with van der Waals surface area (Å²) >= 11 is 1.65. The Morgan fingerprint density at radius 2 is 2.19 bits per heavy atom. The summed E-state index contributed by atoms with van der Waals surface area (Å²) in [5.74, 6) is 5.81. The quantitative estimate of drug-likeness (QED) is 0.852. The average molecular weight is 303 g/mol. The number of hydrogen-bond acceptors (Lipinski definition) is 3. The molecule has 0 aliphatic heterocycles. The van der Waals surface area contributed by atoms with Gasteiger partial charge in [0.25, 0.3) is 0 Å². The first kappa shape index (κ1) is 15.6. The molecule has 0 aliphatic carbocycles. The summed E-state index contributed by atoms with van der Waals surface area (Å²) in [6.07, 6.45) is 0.483. The third-order valence-electron chi connectivity index (χ3n) is 3.09. The predicted molar refractivity (Wildman–Crippen MR) is 86.0 cm³/mol. The van der Waals surface area contributed by atoms with Gasteiger partial charge in [-0.05, 0) is 36.6 Å². The summed E-state index contributed by atoms with van der Waals surface area (Å²) in [6.45, 7) is 3.64. The van der Waals surface area contributed by atoms with Gasteiger partial charge in [-0.3, -0.25) is 0 Å². The molecule has 4 heteroatoms. The van der Waals surface area contributed by atoms with Crippen molar-refractivity contribution in [3.8, 4) is 11.8 Å². The van der Waals surface area contributed by atoms with Crippen LogP contribution in [-0.2, 0) is 6.54 Å². The molecule has 0 radical (unpaired) electrons. The summed E-state index contributed by atoms with van der Waals surface area (Å²) in [6, 6.07) is 8.63. The van der Waals surface area contributed by atoms with Crippen molar-refractivity contribution >= 4 is 17.0 Å². The highest BCUT2D eigenvalue weighted by atomic mass is 32.1. The van der Waals surface area contributed by atoms with Crippen molar-refractivity contribution in [3.05, 3.63) is 52.0 Å². The molecule has 21 heavy (non-hydrogen) atoms. The molecule has 2 rings (SSSR count). The first-order chi connectivity index (χ1) is 10.2. The van der Waals surface area contributed by atoms with Crippen LogP contribution in [0.5, 0.6) is 0 Å². The molecule has 0 fully saturated rings. The average Bonchev–Trinajstić information content (AvgIpc) is 2.92. The lowest BCUT2D eigenvalue weighted by atomic mass is 10.2. The highest BCUT2D eigenvalue weighted by Crippen LogP contribution is 2.23. The molecular weight excluding hydrogens is 285 g/mol. The molecule has 2 aromatic rings. The molecule has 0 aliphatic rings. The highest BCUT2D eigenvalue weighted by Gasteiger charge is 2.09. The molecule has 0 bridgehead atoms. The maximum atomic E-state index is 13.4. The van der Waals surface area contributed by atoms with E-state index in [4.69, 9.17) is 5.11 Å². The second kappa shape index (κ2) is 7.82. The SMILES string of the molecule is CCN(Cc1sccc1C#CCCO)c1cccc(F)c1. The smallest absolute Gasteiger partial charge is 0.125 e. The minimum absolute atomic E-state index is 0.0802. The Balaban J connectivity index is 2.16. The van der Waals surface area contributed by atoms with Crippen LogP contribution in [-0.4, -0.2) is 18.3 Å². The highest BCUT2D eigenvalue weighted by molar-refractivity contribution is 7.10. The van der Waals surface area contributed by atoms with E-state index < -0.39 is 0 Å². The number of benzene rings is 1. The zero-order valence-corrected chi connectivity index (χ0v) is 12.8. The van der Waals surface area contributed by atoms with Gasteiger partial charge < -0.3 is 10.0 Å². The summed E-state index contributed by atoms with van der Waals surface area (Å²) in [4.78, 5) is 3.28. The van der Waals surface area contributed by atoms with E-state index in [0.29, 0.717) is 13.0 Å². The topological polar surface area (TPSA) is 23.5 Å². The number of thiophene rings is 1. The molecule has 110 valence electrons. The Kier molecular flexibility index (Phi) is 5.79. The number of hydrogen-bond donors (Lipinski definition) is 1. The second-order valence-electron chi connectivity index (χ2n) is 4.53. The standard InChI is InChI=1S/C17H18FNOS/c1-2-19(16-8-5-7-15(18)12-16)13-17-14(9-11-21-17)6-3-4-10-20/h5,7-9,11-12,20H,2,4,10,13H2,1H3. The van der Waals surface area contributed by atoms with Gasteiger partial charge in [0.1, 0.15) is 5.82 Å². The Morgan fingerprint density at radius 1 is 1.33 bits per heavy atom. The van der Waals surface area contributed by atoms with Crippen LogP contribution in [0.4, 0.5) is 10.1 Å². The van der Waals surface area contributed by atoms with Crippen LogP contribution in [0, 0.1) is 17.7 Å². The molecule has 0 amide bonds. The Bertz CT molecular complexity index is 641. The largest absolute Gasteiger partial charge is 0.395 e. The normalized spacial score (nSPS) is 10.0. The van der Waals surface area contributed by atoms with Crippen molar-refractivity contribution in [2.24, 2.45) is 0 Å². The van der Waals surface area contributed by atoms with Gasteiger partial charge in [0.15, 0.2) is 0 Å². The van der Waals surface area contributed by atoms with E-state index >= 15 is 0 Å². The number of aliphatic hydroxyl groups excluding tert-OH is 1. The molecule has 1 heterocycles. The molecule has 0 unspecified atom stereocenters. The lowest BCUT2D eigenvalue weighted by molar-refractivity contribution is 0.305. The Labute approximate surface area is 128 Å². The van der Waals surface area contributed by atoms with Crippen molar-refractivity contribution in [3.63, 3.8) is 0 Å². The molecule has 1 aromatic carbocycles. The van der Waals surface area contributed by atoms with Gasteiger partial charge in [-0.25, -0.2) is 4.39 Å². The molecule has 1 N–H and O–H groups in total. The fraction of sp³-hybridized carbons (Fsp3) is 0.294. The molecule has 2 nitrogen and oxygen atoms in total. The summed E-state index contributed by atoms with van der Waals surface area (Å²) in [5.41, 5.74) is 1.86. The minimum Gasteiger partial charge on any atom is -0.395 e. The number of aliphatic hydroxyl groups is 1. The predicted octanol–water partition coefficient (Wildman–Crippen LogP) is 3.65. The minimum atomic E-state index is -0.222. The summed E-state index contributed by atoms with van der Waals surface area (Å²) in [7, 11) is 0. The van der Waals surface area contributed by atoms with E-state index in [-0.39, 0.29) is 12.4 Å². The summed E-state index contributed by atoms with van der Waals surface area (Å²) < 4.78 is 13.4. The van der Waals surface area contributed by atoms with Crippen molar-refractivity contribution in [1.82, 2.24) is 0 Å². The van der Waals surface area contributed by atoms with Crippen LogP contribution in [0.3, 0.4) is 0 Å². The van der Waals surface area contributed by atoms with Gasteiger partial charge in [-0.15, -0.1) is 11.3 Å². The third kappa shape index (κ3) is 4.32. The maximum Gasteiger partial charge on any atom is 0.125 e. The van der Waals surface area contributed by atoms with Crippen molar-refractivity contribution in [1.29, 1.82) is 0 Å².